The van der Waals surface area contributed by atoms with Crippen molar-refractivity contribution in [1.82, 2.24) is 0 Å². The van der Waals surface area contributed by atoms with Crippen LogP contribution >= 0.6 is 0 Å². The van der Waals surface area contributed by atoms with Crippen molar-refractivity contribution < 1.29 is 0 Å². The van der Waals surface area contributed by atoms with Crippen LogP contribution in [0.15, 0.2) is 0 Å². The molecular formula is C7H15N. The van der Waals surface area contributed by atoms with E-state index < -0.39 is 0 Å². The molecule has 1 saturated carbocycles. The summed E-state index contributed by atoms with van der Waals surface area (Å²) in [4.78, 5) is 0. The molecule has 0 aromatic carbocycles. The highest BCUT2D eigenvalue weighted by Crippen LogP contribution is 2.28. The average molecular weight is 113 g/mol. The lowest BCUT2D eigenvalue weighted by atomic mass is 10.1. The minimum atomic E-state index is 0.852. The molecule has 0 bridgehead atoms. The van der Waals surface area contributed by atoms with E-state index in [2.05, 4.69) is 6.92 Å². The minimum absolute atomic E-state index is 0.852. The first-order chi connectivity index (χ1) is 3.83. The van der Waals surface area contributed by atoms with Gasteiger partial charge < -0.3 is 5.73 Å². The van der Waals surface area contributed by atoms with Crippen LogP contribution in [0, 0.1) is 11.8 Å². The molecule has 1 heteroatoms. The smallest absolute Gasteiger partial charge is 0.00488 e. The summed E-state index contributed by atoms with van der Waals surface area (Å²) < 4.78 is 0. The lowest BCUT2D eigenvalue weighted by molar-refractivity contribution is 0.525. The highest BCUT2D eigenvalue weighted by atomic mass is 14.6. The Labute approximate surface area is 51.3 Å². The lowest BCUT2D eigenvalue weighted by Crippen LogP contribution is -2.10. The second-order valence-corrected chi connectivity index (χ2v) is 3.02. The topological polar surface area (TPSA) is 26.0 Å². The van der Waals surface area contributed by atoms with Gasteiger partial charge >= 0.3 is 0 Å². The molecule has 0 aliphatic heterocycles. The van der Waals surface area contributed by atoms with E-state index in [1.54, 1.807) is 0 Å². The van der Waals surface area contributed by atoms with Crippen LogP contribution in [0.25, 0.3) is 0 Å². The quantitative estimate of drug-likeness (QED) is 0.546. The summed E-state index contributed by atoms with van der Waals surface area (Å²) in [5.74, 6) is 1.80. The third-order valence-corrected chi connectivity index (χ3v) is 2.14. The average Bonchev–Trinajstić information content (AvgIpc) is 2.14. The van der Waals surface area contributed by atoms with Crippen molar-refractivity contribution in [2.45, 2.75) is 26.2 Å². The van der Waals surface area contributed by atoms with Gasteiger partial charge in [0, 0.05) is 0 Å². The van der Waals surface area contributed by atoms with Crippen LogP contribution < -0.4 is 5.73 Å². The van der Waals surface area contributed by atoms with Crippen molar-refractivity contribution in [2.24, 2.45) is 17.6 Å². The van der Waals surface area contributed by atoms with Gasteiger partial charge in [-0.1, -0.05) is 13.3 Å². The fourth-order valence-corrected chi connectivity index (χ4v) is 1.54. The van der Waals surface area contributed by atoms with Gasteiger partial charge in [0.25, 0.3) is 0 Å². The van der Waals surface area contributed by atoms with E-state index in [1.807, 2.05) is 0 Å². The molecular weight excluding hydrogens is 98.1 g/mol. The maximum Gasteiger partial charge on any atom is -0.00488 e. The fraction of sp³-hybridized carbons (Fsp3) is 1.00. The van der Waals surface area contributed by atoms with Gasteiger partial charge in [0.2, 0.25) is 0 Å². The zero-order valence-electron chi connectivity index (χ0n) is 5.56. The Hall–Kier alpha value is -0.0400. The molecule has 0 unspecified atom stereocenters. The van der Waals surface area contributed by atoms with E-state index in [0.717, 1.165) is 18.4 Å². The molecule has 0 heterocycles. The summed E-state index contributed by atoms with van der Waals surface area (Å²) in [6.07, 6.45) is 4.15. The molecule has 2 N–H and O–H groups in total. The van der Waals surface area contributed by atoms with Crippen molar-refractivity contribution in [3.8, 4) is 0 Å². The van der Waals surface area contributed by atoms with Crippen LogP contribution in [-0.4, -0.2) is 6.54 Å². The number of hydrogen-bond acceptors (Lipinski definition) is 1. The predicted molar refractivity (Wildman–Crippen MR) is 35.6 cm³/mol. The zero-order chi connectivity index (χ0) is 5.98. The van der Waals surface area contributed by atoms with Crippen molar-refractivity contribution in [2.75, 3.05) is 6.54 Å². The predicted octanol–water partition coefficient (Wildman–Crippen LogP) is 1.38. The van der Waals surface area contributed by atoms with E-state index in [1.165, 1.54) is 19.3 Å². The maximum absolute atomic E-state index is 5.50. The Morgan fingerprint density at radius 2 is 2.25 bits per heavy atom. The van der Waals surface area contributed by atoms with Gasteiger partial charge in [-0.25, -0.2) is 0 Å². The Balaban J connectivity index is 2.22. The van der Waals surface area contributed by atoms with Crippen molar-refractivity contribution in [1.29, 1.82) is 0 Å². The largest absolute Gasteiger partial charge is 0.330 e. The summed E-state index contributed by atoms with van der Waals surface area (Å²) in [7, 11) is 0. The minimum Gasteiger partial charge on any atom is -0.330 e. The van der Waals surface area contributed by atoms with Gasteiger partial charge in [0.1, 0.15) is 0 Å². The fourth-order valence-electron chi connectivity index (χ4n) is 1.54. The summed E-state index contributed by atoms with van der Waals surface area (Å²) in [5, 5.41) is 0. The molecule has 0 saturated heterocycles. The summed E-state index contributed by atoms with van der Waals surface area (Å²) in [5.41, 5.74) is 5.50. The molecule has 1 nitrogen and oxygen atoms in total. The number of rotatable bonds is 1. The van der Waals surface area contributed by atoms with Crippen molar-refractivity contribution in [3.05, 3.63) is 0 Å². The van der Waals surface area contributed by atoms with E-state index in [0.29, 0.717) is 0 Å². The van der Waals surface area contributed by atoms with Gasteiger partial charge in [-0.05, 0) is 31.2 Å². The summed E-state index contributed by atoms with van der Waals surface area (Å²) >= 11 is 0. The van der Waals surface area contributed by atoms with E-state index in [9.17, 15) is 0 Å². The van der Waals surface area contributed by atoms with E-state index in [-0.39, 0.29) is 0 Å². The Morgan fingerprint density at radius 3 is 2.50 bits per heavy atom. The molecule has 8 heavy (non-hydrogen) atoms. The second kappa shape index (κ2) is 2.49. The molecule has 2 atom stereocenters. The van der Waals surface area contributed by atoms with Crippen LogP contribution in [0.4, 0.5) is 0 Å². The molecule has 0 spiro atoms. The summed E-state index contributed by atoms with van der Waals surface area (Å²) in [6.45, 7) is 3.22. The SMILES string of the molecule is C[C@H]1CC[C@H](CN)C1. The first-order valence-corrected chi connectivity index (χ1v) is 3.53. The molecule has 1 aliphatic carbocycles. The Morgan fingerprint density at radius 1 is 1.50 bits per heavy atom. The molecule has 0 radical (unpaired) electrons. The standard InChI is InChI=1S/C7H15N/c1-6-2-3-7(4-6)5-8/h6-7H,2-5,8H2,1H3/t6-,7-/m0/s1. The van der Waals surface area contributed by atoms with Crippen molar-refractivity contribution in [3.63, 3.8) is 0 Å². The zero-order valence-corrected chi connectivity index (χ0v) is 5.56. The van der Waals surface area contributed by atoms with Crippen LogP contribution in [0.1, 0.15) is 26.2 Å². The normalized spacial score (nSPS) is 38.2. The van der Waals surface area contributed by atoms with Crippen LogP contribution in [0.3, 0.4) is 0 Å². The third-order valence-electron chi connectivity index (χ3n) is 2.14. The molecule has 1 fully saturated rings. The first kappa shape index (κ1) is 6.09. The molecule has 0 aromatic rings. The molecule has 48 valence electrons. The van der Waals surface area contributed by atoms with Crippen LogP contribution in [0.2, 0.25) is 0 Å². The molecule has 1 aliphatic rings. The molecule has 0 aromatic heterocycles. The number of hydrogen-bond donors (Lipinski definition) is 1. The van der Waals surface area contributed by atoms with Crippen molar-refractivity contribution >= 4 is 0 Å². The van der Waals surface area contributed by atoms with Gasteiger partial charge in [0.05, 0.1) is 0 Å². The van der Waals surface area contributed by atoms with Gasteiger partial charge in [-0.2, -0.15) is 0 Å². The monoisotopic (exact) mass is 113 g/mol. The number of nitrogens with two attached hydrogens (primary N) is 1. The highest BCUT2D eigenvalue weighted by Gasteiger charge is 2.18. The highest BCUT2D eigenvalue weighted by molar-refractivity contribution is 4.72. The Bertz CT molecular complexity index is 70.8. The maximum atomic E-state index is 5.50. The van der Waals surface area contributed by atoms with Crippen LogP contribution in [0.5, 0.6) is 0 Å². The van der Waals surface area contributed by atoms with Gasteiger partial charge in [0.15, 0.2) is 0 Å². The van der Waals surface area contributed by atoms with E-state index in [4.69, 9.17) is 5.73 Å². The van der Waals surface area contributed by atoms with Gasteiger partial charge in [-0.15, -0.1) is 0 Å². The van der Waals surface area contributed by atoms with E-state index >= 15 is 0 Å². The Kier molecular flexibility index (Phi) is 1.90. The lowest BCUT2D eigenvalue weighted by Gasteiger charge is -2.02. The molecule has 0 amide bonds. The third kappa shape index (κ3) is 1.22. The molecule has 1 rings (SSSR count). The van der Waals surface area contributed by atoms with Gasteiger partial charge in [-0.3, -0.25) is 0 Å². The van der Waals surface area contributed by atoms with Crippen LogP contribution in [-0.2, 0) is 0 Å². The summed E-state index contributed by atoms with van der Waals surface area (Å²) in [6, 6.07) is 0. The second-order valence-electron chi connectivity index (χ2n) is 3.02. The first-order valence-electron chi connectivity index (χ1n) is 3.53.